The van der Waals surface area contributed by atoms with Gasteiger partial charge in [0, 0.05) is 6.54 Å². The molecular formula is C23H24N6O2. The first-order valence-electron chi connectivity index (χ1n) is 10.5. The molecule has 8 nitrogen and oxygen atoms in total. The van der Waals surface area contributed by atoms with E-state index in [1.54, 1.807) is 10.8 Å². The Labute approximate surface area is 179 Å². The van der Waals surface area contributed by atoms with Crippen LogP contribution in [0.2, 0.25) is 0 Å². The van der Waals surface area contributed by atoms with E-state index >= 15 is 0 Å². The van der Waals surface area contributed by atoms with Crippen LogP contribution in [0.25, 0.3) is 11.2 Å². The highest BCUT2D eigenvalue weighted by atomic mass is 16.5. The number of aromatic amines is 1. The molecule has 3 N–H and O–H groups in total. The second-order valence-corrected chi connectivity index (χ2v) is 7.75. The molecule has 0 radical (unpaired) electrons. The number of nitrogens with zero attached hydrogens (tertiary/aromatic N) is 3. The van der Waals surface area contributed by atoms with E-state index in [-0.39, 0.29) is 5.69 Å². The van der Waals surface area contributed by atoms with Gasteiger partial charge in [-0.3, -0.25) is 4.57 Å². The standard InChI is InChI=1S/C23H24N6O2/c30-23-27-20-14-26-22(25-13-17-9-10-24-12-17)28-21(20)29(23)15-16-5-4-8-19(11-16)31-18-6-2-1-3-7-18/h1-8,11,14,17,24H,9-10,12-13,15H2,(H,27,30)(H,25,26,28)/t17-/m0/s1. The predicted octanol–water partition coefficient (Wildman–Crippen LogP) is 2.98. The summed E-state index contributed by atoms with van der Waals surface area (Å²) in [6.07, 6.45) is 2.80. The number of H-pyrrole nitrogens is 1. The third-order valence-corrected chi connectivity index (χ3v) is 5.44. The molecular weight excluding hydrogens is 392 g/mol. The zero-order chi connectivity index (χ0) is 21.0. The van der Waals surface area contributed by atoms with Crippen molar-refractivity contribution >= 4 is 17.1 Å². The quantitative estimate of drug-likeness (QED) is 0.429. The summed E-state index contributed by atoms with van der Waals surface area (Å²) in [5, 5.41) is 6.66. The van der Waals surface area contributed by atoms with Gasteiger partial charge in [-0.15, -0.1) is 0 Å². The van der Waals surface area contributed by atoms with Crippen LogP contribution in [-0.4, -0.2) is 39.2 Å². The van der Waals surface area contributed by atoms with Crippen LogP contribution < -0.4 is 21.1 Å². The topological polar surface area (TPSA) is 96.9 Å². The molecule has 0 bridgehead atoms. The number of aromatic nitrogens is 4. The lowest BCUT2D eigenvalue weighted by Crippen LogP contribution is -2.19. The van der Waals surface area contributed by atoms with Gasteiger partial charge in [-0.1, -0.05) is 30.3 Å². The number of anilines is 1. The Morgan fingerprint density at radius 2 is 2.00 bits per heavy atom. The van der Waals surface area contributed by atoms with Crippen LogP contribution in [0.1, 0.15) is 12.0 Å². The number of hydrogen-bond donors (Lipinski definition) is 3. The van der Waals surface area contributed by atoms with Crippen molar-refractivity contribution in [2.75, 3.05) is 25.0 Å². The summed E-state index contributed by atoms with van der Waals surface area (Å²) in [6.45, 7) is 3.25. The fourth-order valence-electron chi connectivity index (χ4n) is 3.82. The number of ether oxygens (including phenoxy) is 1. The van der Waals surface area contributed by atoms with Crippen molar-refractivity contribution in [3.63, 3.8) is 0 Å². The Morgan fingerprint density at radius 1 is 1.13 bits per heavy atom. The van der Waals surface area contributed by atoms with Crippen molar-refractivity contribution in [2.24, 2.45) is 5.92 Å². The van der Waals surface area contributed by atoms with Crippen LogP contribution in [0.3, 0.4) is 0 Å². The summed E-state index contributed by atoms with van der Waals surface area (Å²) >= 11 is 0. The van der Waals surface area contributed by atoms with Gasteiger partial charge in [-0.2, -0.15) is 4.98 Å². The molecule has 1 aliphatic rings. The van der Waals surface area contributed by atoms with Crippen molar-refractivity contribution in [3.8, 4) is 11.5 Å². The number of imidazole rings is 1. The molecule has 4 aromatic rings. The molecule has 5 rings (SSSR count). The van der Waals surface area contributed by atoms with Crippen LogP contribution in [0, 0.1) is 5.92 Å². The van der Waals surface area contributed by atoms with Gasteiger partial charge in [0.1, 0.15) is 17.0 Å². The second kappa shape index (κ2) is 8.61. The fourth-order valence-corrected chi connectivity index (χ4v) is 3.82. The van der Waals surface area contributed by atoms with E-state index < -0.39 is 0 Å². The van der Waals surface area contributed by atoms with E-state index in [0.717, 1.165) is 43.1 Å². The van der Waals surface area contributed by atoms with E-state index in [2.05, 4.69) is 25.6 Å². The van der Waals surface area contributed by atoms with Crippen LogP contribution in [-0.2, 0) is 6.54 Å². The number of para-hydroxylation sites is 1. The van der Waals surface area contributed by atoms with Crippen LogP contribution >= 0.6 is 0 Å². The first-order valence-corrected chi connectivity index (χ1v) is 10.5. The van der Waals surface area contributed by atoms with Gasteiger partial charge in [0.15, 0.2) is 5.65 Å². The zero-order valence-corrected chi connectivity index (χ0v) is 17.0. The molecule has 1 atom stereocenters. The molecule has 2 aromatic heterocycles. The Balaban J connectivity index is 1.37. The minimum Gasteiger partial charge on any atom is -0.457 e. The van der Waals surface area contributed by atoms with Gasteiger partial charge in [0.2, 0.25) is 5.95 Å². The Hall–Kier alpha value is -3.65. The smallest absolute Gasteiger partial charge is 0.328 e. The molecule has 1 aliphatic heterocycles. The van der Waals surface area contributed by atoms with Crippen molar-refractivity contribution in [1.29, 1.82) is 0 Å². The fraction of sp³-hybridized carbons (Fsp3) is 0.261. The maximum absolute atomic E-state index is 12.6. The molecule has 0 unspecified atom stereocenters. The van der Waals surface area contributed by atoms with Gasteiger partial charge in [-0.25, -0.2) is 9.78 Å². The minimum atomic E-state index is -0.212. The lowest BCUT2D eigenvalue weighted by molar-refractivity contribution is 0.481. The third-order valence-electron chi connectivity index (χ3n) is 5.44. The predicted molar refractivity (Wildman–Crippen MR) is 120 cm³/mol. The lowest BCUT2D eigenvalue weighted by Gasteiger charge is -2.10. The molecule has 2 aromatic carbocycles. The summed E-state index contributed by atoms with van der Waals surface area (Å²) in [5.41, 5.74) is 1.94. The minimum absolute atomic E-state index is 0.212. The largest absolute Gasteiger partial charge is 0.457 e. The molecule has 158 valence electrons. The first kappa shape index (κ1) is 19.3. The van der Waals surface area contributed by atoms with Crippen molar-refractivity contribution in [1.82, 2.24) is 24.8 Å². The lowest BCUT2D eigenvalue weighted by atomic mass is 10.1. The normalized spacial score (nSPS) is 15.9. The maximum Gasteiger partial charge on any atom is 0.328 e. The Morgan fingerprint density at radius 3 is 2.84 bits per heavy atom. The first-order chi connectivity index (χ1) is 15.2. The molecule has 1 fully saturated rings. The number of fused-ring (bicyclic) bond motifs is 1. The number of benzene rings is 2. The number of nitrogens with one attached hydrogen (secondary N) is 3. The van der Waals surface area contributed by atoms with Gasteiger partial charge in [-0.05, 0) is 55.3 Å². The van der Waals surface area contributed by atoms with Crippen LogP contribution in [0.15, 0.2) is 65.6 Å². The van der Waals surface area contributed by atoms with Gasteiger partial charge in [0.25, 0.3) is 0 Å². The van der Waals surface area contributed by atoms with E-state index in [1.807, 2.05) is 54.6 Å². The zero-order valence-electron chi connectivity index (χ0n) is 17.0. The molecule has 8 heteroatoms. The summed E-state index contributed by atoms with van der Waals surface area (Å²) in [4.78, 5) is 24.4. The Bertz CT molecular complexity index is 1230. The molecule has 3 heterocycles. The monoisotopic (exact) mass is 416 g/mol. The second-order valence-electron chi connectivity index (χ2n) is 7.75. The number of rotatable bonds is 7. The Kier molecular flexibility index (Phi) is 5.37. The van der Waals surface area contributed by atoms with Gasteiger partial charge >= 0.3 is 5.69 Å². The molecule has 0 amide bonds. The number of hydrogen-bond acceptors (Lipinski definition) is 6. The molecule has 31 heavy (non-hydrogen) atoms. The van der Waals surface area contributed by atoms with E-state index in [1.165, 1.54) is 0 Å². The maximum atomic E-state index is 12.6. The SMILES string of the molecule is O=c1[nH]c2cnc(NC[C@H]3CCNC3)nc2n1Cc1cccc(Oc2ccccc2)c1. The van der Waals surface area contributed by atoms with E-state index in [9.17, 15) is 4.79 Å². The van der Waals surface area contributed by atoms with E-state index in [4.69, 9.17) is 4.74 Å². The highest BCUT2D eigenvalue weighted by Crippen LogP contribution is 2.22. The van der Waals surface area contributed by atoms with Crippen molar-refractivity contribution in [2.45, 2.75) is 13.0 Å². The van der Waals surface area contributed by atoms with Crippen LogP contribution in [0.4, 0.5) is 5.95 Å². The van der Waals surface area contributed by atoms with Gasteiger partial charge in [0.05, 0.1) is 12.7 Å². The summed E-state index contributed by atoms with van der Waals surface area (Å²) in [6, 6.07) is 17.3. The molecule has 1 saturated heterocycles. The average Bonchev–Trinajstić information content (AvgIpc) is 3.41. The van der Waals surface area contributed by atoms with Crippen molar-refractivity contribution in [3.05, 3.63) is 76.8 Å². The summed E-state index contributed by atoms with van der Waals surface area (Å²) < 4.78 is 7.55. The molecule has 0 spiro atoms. The third kappa shape index (κ3) is 4.44. The molecule has 0 saturated carbocycles. The van der Waals surface area contributed by atoms with Crippen molar-refractivity contribution < 1.29 is 4.74 Å². The van der Waals surface area contributed by atoms with Gasteiger partial charge < -0.3 is 20.4 Å². The van der Waals surface area contributed by atoms with Crippen LogP contribution in [0.5, 0.6) is 11.5 Å². The highest BCUT2D eigenvalue weighted by Gasteiger charge is 2.15. The summed E-state index contributed by atoms with van der Waals surface area (Å²) in [7, 11) is 0. The average molecular weight is 416 g/mol. The summed E-state index contributed by atoms with van der Waals surface area (Å²) in [5.74, 6) is 2.59. The highest BCUT2D eigenvalue weighted by molar-refractivity contribution is 5.71. The molecule has 0 aliphatic carbocycles. The van der Waals surface area contributed by atoms with E-state index in [0.29, 0.717) is 29.6 Å².